The molecule has 0 aromatic heterocycles. The van der Waals surface area contributed by atoms with Crippen LogP contribution in [0.5, 0.6) is 0 Å². The average Bonchev–Trinajstić information content (AvgIpc) is 2.80. The number of rotatable bonds is 21. The van der Waals surface area contributed by atoms with Crippen LogP contribution in [0, 0.1) is 0 Å². The van der Waals surface area contributed by atoms with Gasteiger partial charge in [-0.25, -0.2) is 0 Å². The number of carbonyl (C=O) groups is 1. The number of ether oxygens (including phenoxy) is 1. The second-order valence-corrected chi connectivity index (χ2v) is 14.8. The molecule has 0 unspecified atom stereocenters. The van der Waals surface area contributed by atoms with E-state index in [2.05, 4.69) is 54.6 Å². The summed E-state index contributed by atoms with van der Waals surface area (Å²) in [6.07, 6.45) is 8.05. The molecule has 0 aromatic carbocycles. The molecule has 0 fully saturated rings. The highest BCUT2D eigenvalue weighted by Crippen LogP contribution is 2.36. The van der Waals surface area contributed by atoms with Crippen LogP contribution in [-0.4, -0.2) is 93.8 Å². The van der Waals surface area contributed by atoms with Crippen molar-refractivity contribution in [2.24, 2.45) is 17.2 Å². The molecular weight excluding hydrogens is 460 g/mol. The van der Waals surface area contributed by atoms with E-state index < -0.39 is 8.32 Å². The SMILES string of the molecule is CC(C)(C)[Si](C)(C)OCCNCCCCCNCCN.COCC=O.NCCCCCNCCN. The molecule has 0 aliphatic heterocycles. The highest BCUT2D eigenvalue weighted by atomic mass is 28.4. The van der Waals surface area contributed by atoms with Crippen LogP contribution in [0.15, 0.2) is 0 Å². The fourth-order valence-corrected chi connectivity index (χ4v) is 3.54. The smallest absolute Gasteiger partial charge is 0.192 e. The molecule has 0 heterocycles. The second-order valence-electron chi connectivity index (χ2n) is 9.97. The number of unbranched alkanes of at least 4 members (excludes halogenated alkanes) is 4. The number of carbonyl (C=O) groups excluding carboxylic acids is 1. The third-order valence-electron chi connectivity index (χ3n) is 5.69. The summed E-state index contributed by atoms with van der Waals surface area (Å²) >= 11 is 0. The molecule has 9 N–H and O–H groups in total. The van der Waals surface area contributed by atoms with Crippen LogP contribution in [0.2, 0.25) is 18.1 Å². The number of methoxy groups -OCH3 is 1. The van der Waals surface area contributed by atoms with Crippen molar-refractivity contribution >= 4 is 14.6 Å². The van der Waals surface area contributed by atoms with Gasteiger partial charge in [-0.3, -0.25) is 0 Å². The number of nitrogens with two attached hydrogens (primary N) is 3. The van der Waals surface area contributed by atoms with Gasteiger partial charge in [0.2, 0.25) is 0 Å². The Morgan fingerprint density at radius 3 is 1.51 bits per heavy atom. The van der Waals surface area contributed by atoms with E-state index in [0.717, 1.165) is 71.9 Å². The lowest BCUT2D eigenvalue weighted by molar-refractivity contribution is -0.110. The van der Waals surface area contributed by atoms with Gasteiger partial charge in [0.05, 0.1) is 0 Å². The largest absolute Gasteiger partial charge is 0.416 e. The van der Waals surface area contributed by atoms with E-state index in [9.17, 15) is 4.79 Å². The van der Waals surface area contributed by atoms with Gasteiger partial charge in [-0.15, -0.1) is 0 Å². The summed E-state index contributed by atoms with van der Waals surface area (Å²) in [5.74, 6) is 0. The van der Waals surface area contributed by atoms with Crippen LogP contribution < -0.4 is 33.2 Å². The van der Waals surface area contributed by atoms with E-state index in [-0.39, 0.29) is 6.61 Å². The molecule has 0 amide bonds. The van der Waals surface area contributed by atoms with E-state index in [1.165, 1.54) is 39.2 Å². The molecule has 0 rings (SSSR count). The Morgan fingerprint density at radius 1 is 0.714 bits per heavy atom. The fourth-order valence-electron chi connectivity index (χ4n) is 2.49. The molecule has 10 heteroatoms. The molecule has 0 saturated carbocycles. The molecular formula is C25H62N6O3Si. The minimum Gasteiger partial charge on any atom is -0.416 e. The Morgan fingerprint density at radius 2 is 1.17 bits per heavy atom. The Bertz CT molecular complexity index is 405. The van der Waals surface area contributed by atoms with Crippen molar-refractivity contribution in [1.82, 2.24) is 16.0 Å². The van der Waals surface area contributed by atoms with Crippen LogP contribution in [0.3, 0.4) is 0 Å². The Kier molecular flexibility index (Phi) is 33.3. The standard InChI is InChI=1S/C15H37N3OSi.C7H19N3.C3H6O2/c1-15(2,3)20(4,5)19-14-13-18-11-8-6-7-10-17-12-9-16;8-4-2-1-3-6-10-7-5-9;1-5-3-2-4/h17-18H,6-14,16H2,1-5H3;10H,1-9H2;2H,3H2,1H3. The van der Waals surface area contributed by atoms with E-state index >= 15 is 0 Å². The first-order valence-electron chi connectivity index (χ1n) is 13.4. The highest BCUT2D eigenvalue weighted by molar-refractivity contribution is 6.74. The summed E-state index contributed by atoms with van der Waals surface area (Å²) < 4.78 is 10.4. The highest BCUT2D eigenvalue weighted by Gasteiger charge is 2.36. The van der Waals surface area contributed by atoms with Gasteiger partial charge in [0, 0.05) is 46.4 Å². The Labute approximate surface area is 218 Å². The van der Waals surface area contributed by atoms with Gasteiger partial charge in [0.1, 0.15) is 12.9 Å². The first-order chi connectivity index (χ1) is 16.6. The summed E-state index contributed by atoms with van der Waals surface area (Å²) in [5.41, 5.74) is 16.0. The minimum absolute atomic E-state index is 0.208. The van der Waals surface area contributed by atoms with Crippen molar-refractivity contribution in [2.45, 2.75) is 77.4 Å². The number of nitrogens with one attached hydrogen (secondary N) is 3. The van der Waals surface area contributed by atoms with Crippen LogP contribution in [-0.2, 0) is 14.0 Å². The van der Waals surface area contributed by atoms with E-state index in [1.54, 1.807) is 0 Å². The van der Waals surface area contributed by atoms with Gasteiger partial charge in [-0.2, -0.15) is 0 Å². The second kappa shape index (κ2) is 29.8. The molecule has 0 bridgehead atoms. The van der Waals surface area contributed by atoms with Crippen molar-refractivity contribution in [3.8, 4) is 0 Å². The van der Waals surface area contributed by atoms with Gasteiger partial charge in [0.25, 0.3) is 0 Å². The summed E-state index contributed by atoms with van der Waals surface area (Å²) in [7, 11) is -0.0769. The van der Waals surface area contributed by atoms with E-state index in [1.807, 2.05) is 0 Å². The zero-order valence-corrected chi connectivity index (χ0v) is 25.1. The predicted octanol–water partition coefficient (Wildman–Crippen LogP) is 1.81. The zero-order valence-electron chi connectivity index (χ0n) is 24.1. The van der Waals surface area contributed by atoms with Crippen molar-refractivity contribution in [3.05, 3.63) is 0 Å². The summed E-state index contributed by atoms with van der Waals surface area (Å²) in [4.78, 5) is 9.28. The normalized spacial score (nSPS) is 11.3. The van der Waals surface area contributed by atoms with E-state index in [4.69, 9.17) is 21.6 Å². The zero-order chi connectivity index (χ0) is 27.3. The van der Waals surface area contributed by atoms with Crippen LogP contribution >= 0.6 is 0 Å². The first kappa shape index (κ1) is 39.1. The summed E-state index contributed by atoms with van der Waals surface area (Å²) in [6, 6.07) is 0. The first-order valence-corrected chi connectivity index (χ1v) is 16.3. The molecule has 0 spiro atoms. The van der Waals surface area contributed by atoms with Crippen molar-refractivity contribution in [1.29, 1.82) is 0 Å². The van der Waals surface area contributed by atoms with E-state index in [0.29, 0.717) is 11.3 Å². The van der Waals surface area contributed by atoms with Gasteiger partial charge in [0.15, 0.2) is 8.32 Å². The van der Waals surface area contributed by atoms with Gasteiger partial charge in [-0.1, -0.05) is 33.6 Å². The molecule has 0 saturated heterocycles. The maximum absolute atomic E-state index is 9.28. The van der Waals surface area contributed by atoms with Crippen LogP contribution in [0.4, 0.5) is 0 Å². The molecule has 35 heavy (non-hydrogen) atoms. The topological polar surface area (TPSA) is 150 Å². The van der Waals surface area contributed by atoms with Crippen molar-refractivity contribution in [3.63, 3.8) is 0 Å². The van der Waals surface area contributed by atoms with Gasteiger partial charge >= 0.3 is 0 Å². The van der Waals surface area contributed by atoms with Crippen LogP contribution in [0.25, 0.3) is 0 Å². The Hall–Kier alpha value is -0.433. The Balaban J connectivity index is -0.000000563. The number of aldehydes is 1. The predicted molar refractivity (Wildman–Crippen MR) is 155 cm³/mol. The molecule has 0 atom stereocenters. The van der Waals surface area contributed by atoms with Crippen molar-refractivity contribution < 1.29 is 14.0 Å². The minimum atomic E-state index is -1.56. The molecule has 9 nitrogen and oxygen atoms in total. The lowest BCUT2D eigenvalue weighted by Gasteiger charge is -2.36. The summed E-state index contributed by atoms with van der Waals surface area (Å²) in [6.45, 7) is 20.9. The van der Waals surface area contributed by atoms with Crippen molar-refractivity contribution in [2.75, 3.05) is 79.2 Å². The maximum Gasteiger partial charge on any atom is 0.192 e. The summed E-state index contributed by atoms with van der Waals surface area (Å²) in [5, 5.41) is 10.3. The third kappa shape index (κ3) is 33.6. The number of hydrogen-bond acceptors (Lipinski definition) is 9. The quantitative estimate of drug-likeness (QED) is 0.0753. The molecule has 0 radical (unpaired) electrons. The molecule has 0 aliphatic rings. The van der Waals surface area contributed by atoms with Gasteiger partial charge < -0.3 is 47.1 Å². The third-order valence-corrected chi connectivity index (χ3v) is 10.2. The molecule has 214 valence electrons. The maximum atomic E-state index is 9.28. The van der Waals surface area contributed by atoms with Gasteiger partial charge in [-0.05, 0) is 70.0 Å². The molecule has 0 aromatic rings. The molecule has 0 aliphatic carbocycles. The average molecular weight is 523 g/mol. The lowest BCUT2D eigenvalue weighted by atomic mass is 10.2. The monoisotopic (exact) mass is 522 g/mol. The fraction of sp³-hybridized carbons (Fsp3) is 0.960. The number of hydrogen-bond donors (Lipinski definition) is 6. The lowest BCUT2D eigenvalue weighted by Crippen LogP contribution is -2.42. The van der Waals surface area contributed by atoms with Crippen LogP contribution in [0.1, 0.15) is 59.3 Å².